The Balaban J connectivity index is 2.07. The smallest absolute Gasteiger partial charge is 0.127 e. The summed E-state index contributed by atoms with van der Waals surface area (Å²) in [4.78, 5) is 0. The fraction of sp³-hybridized carbons (Fsp3) is 0.176. The van der Waals surface area contributed by atoms with E-state index in [9.17, 15) is 4.39 Å². The normalized spacial score (nSPS) is 11.1. The van der Waals surface area contributed by atoms with Crippen LogP contribution in [0.5, 0.6) is 0 Å². The van der Waals surface area contributed by atoms with Crippen molar-refractivity contribution in [2.24, 2.45) is 0 Å². The van der Waals surface area contributed by atoms with Crippen molar-refractivity contribution in [3.8, 4) is 11.1 Å². The number of thiophene rings is 1. The second-order valence-electron chi connectivity index (χ2n) is 4.73. The van der Waals surface area contributed by atoms with Crippen molar-refractivity contribution in [3.05, 3.63) is 59.2 Å². The number of benzene rings is 2. The Morgan fingerprint density at radius 3 is 2.90 bits per heavy atom. The summed E-state index contributed by atoms with van der Waals surface area (Å²) >= 11 is 1.73. The van der Waals surface area contributed by atoms with Gasteiger partial charge in [0.15, 0.2) is 0 Å². The minimum Gasteiger partial charge on any atom is -0.313 e. The lowest BCUT2D eigenvalue weighted by molar-refractivity contribution is 0.593. The molecule has 0 unspecified atom stereocenters. The third-order valence-corrected chi connectivity index (χ3v) is 4.36. The van der Waals surface area contributed by atoms with Crippen LogP contribution >= 0.6 is 11.3 Å². The van der Waals surface area contributed by atoms with Gasteiger partial charge in [-0.1, -0.05) is 31.2 Å². The molecule has 0 amide bonds. The summed E-state index contributed by atoms with van der Waals surface area (Å²) < 4.78 is 15.1. The summed E-state index contributed by atoms with van der Waals surface area (Å²) in [5, 5.41) is 6.51. The number of halogens is 1. The number of hydrogen-bond donors (Lipinski definition) is 1. The Morgan fingerprint density at radius 1 is 1.15 bits per heavy atom. The quantitative estimate of drug-likeness (QED) is 0.725. The van der Waals surface area contributed by atoms with Crippen molar-refractivity contribution in [2.75, 3.05) is 6.54 Å². The van der Waals surface area contributed by atoms with E-state index in [1.54, 1.807) is 17.4 Å². The highest BCUT2D eigenvalue weighted by Crippen LogP contribution is 2.33. The zero-order valence-electron chi connectivity index (χ0n) is 11.3. The molecule has 0 saturated carbocycles. The molecule has 2 aromatic carbocycles. The van der Waals surface area contributed by atoms with Gasteiger partial charge >= 0.3 is 0 Å². The van der Waals surface area contributed by atoms with Gasteiger partial charge in [0.2, 0.25) is 0 Å². The Bertz CT molecular complexity index is 733. The Kier molecular flexibility index (Phi) is 3.81. The van der Waals surface area contributed by atoms with E-state index in [4.69, 9.17) is 0 Å². The molecule has 0 bridgehead atoms. The molecule has 0 fully saturated rings. The molecule has 0 saturated heterocycles. The van der Waals surface area contributed by atoms with Gasteiger partial charge in [-0.3, -0.25) is 0 Å². The molecule has 0 atom stereocenters. The summed E-state index contributed by atoms with van der Waals surface area (Å²) in [5.41, 5.74) is 2.97. The van der Waals surface area contributed by atoms with Crippen LogP contribution in [0.4, 0.5) is 4.39 Å². The van der Waals surface area contributed by atoms with Crippen molar-refractivity contribution in [1.82, 2.24) is 5.32 Å². The standard InChI is InChI=1S/C17H16FNS/c1-2-19-11-14-10-13(6-7-16(14)18)15-5-3-4-12-8-9-20-17(12)15/h3-10,19H,2,11H2,1H3. The predicted octanol–water partition coefficient (Wildman–Crippen LogP) is 4.82. The van der Waals surface area contributed by atoms with Crippen LogP contribution in [0.25, 0.3) is 21.2 Å². The summed E-state index contributed by atoms with van der Waals surface area (Å²) in [5.74, 6) is -0.145. The topological polar surface area (TPSA) is 12.0 Å². The average molecular weight is 285 g/mol. The molecule has 0 radical (unpaired) electrons. The van der Waals surface area contributed by atoms with E-state index in [-0.39, 0.29) is 5.82 Å². The van der Waals surface area contributed by atoms with E-state index >= 15 is 0 Å². The van der Waals surface area contributed by atoms with E-state index in [0.717, 1.165) is 17.7 Å². The van der Waals surface area contributed by atoms with Crippen LogP contribution in [0.3, 0.4) is 0 Å². The number of hydrogen-bond acceptors (Lipinski definition) is 2. The van der Waals surface area contributed by atoms with Crippen molar-refractivity contribution in [3.63, 3.8) is 0 Å². The molecule has 3 aromatic rings. The van der Waals surface area contributed by atoms with Gasteiger partial charge in [-0.05, 0) is 46.6 Å². The molecule has 0 aliphatic carbocycles. The van der Waals surface area contributed by atoms with Crippen LogP contribution in [0.1, 0.15) is 12.5 Å². The van der Waals surface area contributed by atoms with E-state index in [1.807, 2.05) is 19.1 Å². The monoisotopic (exact) mass is 285 g/mol. The van der Waals surface area contributed by atoms with Gasteiger partial charge in [-0.15, -0.1) is 11.3 Å². The van der Waals surface area contributed by atoms with Crippen LogP contribution in [0.2, 0.25) is 0 Å². The number of fused-ring (bicyclic) bond motifs is 1. The number of rotatable bonds is 4. The lowest BCUT2D eigenvalue weighted by atomic mass is 10.0. The maximum Gasteiger partial charge on any atom is 0.127 e. The first-order chi connectivity index (χ1) is 9.79. The molecule has 0 spiro atoms. The fourth-order valence-corrected chi connectivity index (χ4v) is 3.29. The molecule has 3 rings (SSSR count). The summed E-state index contributed by atoms with van der Waals surface area (Å²) in [7, 11) is 0. The summed E-state index contributed by atoms with van der Waals surface area (Å²) in [6.45, 7) is 3.43. The van der Waals surface area contributed by atoms with Crippen molar-refractivity contribution < 1.29 is 4.39 Å². The van der Waals surface area contributed by atoms with Crippen molar-refractivity contribution in [2.45, 2.75) is 13.5 Å². The zero-order valence-corrected chi connectivity index (χ0v) is 12.1. The van der Waals surface area contributed by atoms with Gasteiger partial charge < -0.3 is 5.32 Å². The van der Waals surface area contributed by atoms with Crippen LogP contribution < -0.4 is 5.32 Å². The first-order valence-electron chi connectivity index (χ1n) is 6.75. The first kappa shape index (κ1) is 13.3. The lowest BCUT2D eigenvalue weighted by Gasteiger charge is -2.08. The zero-order chi connectivity index (χ0) is 13.9. The summed E-state index contributed by atoms with van der Waals surface area (Å²) in [6, 6.07) is 13.8. The Morgan fingerprint density at radius 2 is 2.05 bits per heavy atom. The first-order valence-corrected chi connectivity index (χ1v) is 7.63. The highest BCUT2D eigenvalue weighted by atomic mass is 32.1. The third-order valence-electron chi connectivity index (χ3n) is 3.40. The van der Waals surface area contributed by atoms with Crippen molar-refractivity contribution >= 4 is 21.4 Å². The van der Waals surface area contributed by atoms with E-state index in [0.29, 0.717) is 6.54 Å². The molecular formula is C17H16FNS. The van der Waals surface area contributed by atoms with Crippen LogP contribution in [-0.2, 0) is 6.54 Å². The predicted molar refractivity (Wildman–Crippen MR) is 84.6 cm³/mol. The van der Waals surface area contributed by atoms with E-state index in [2.05, 4.69) is 35.0 Å². The molecule has 102 valence electrons. The fourth-order valence-electron chi connectivity index (χ4n) is 2.36. The maximum absolute atomic E-state index is 13.8. The Hall–Kier alpha value is -1.71. The largest absolute Gasteiger partial charge is 0.313 e. The minimum atomic E-state index is -0.145. The lowest BCUT2D eigenvalue weighted by Crippen LogP contribution is -2.12. The van der Waals surface area contributed by atoms with E-state index < -0.39 is 0 Å². The van der Waals surface area contributed by atoms with Gasteiger partial charge in [0, 0.05) is 16.8 Å². The summed E-state index contributed by atoms with van der Waals surface area (Å²) in [6.07, 6.45) is 0. The van der Waals surface area contributed by atoms with Crippen LogP contribution in [0, 0.1) is 5.82 Å². The van der Waals surface area contributed by atoms with Gasteiger partial charge in [-0.2, -0.15) is 0 Å². The molecule has 20 heavy (non-hydrogen) atoms. The van der Waals surface area contributed by atoms with Gasteiger partial charge in [0.1, 0.15) is 5.82 Å². The minimum absolute atomic E-state index is 0.145. The molecule has 0 aliphatic rings. The van der Waals surface area contributed by atoms with Crippen molar-refractivity contribution in [1.29, 1.82) is 0 Å². The average Bonchev–Trinajstić information content (AvgIpc) is 2.95. The molecule has 1 N–H and O–H groups in total. The highest BCUT2D eigenvalue weighted by Gasteiger charge is 2.08. The molecule has 1 nitrogen and oxygen atoms in total. The van der Waals surface area contributed by atoms with Gasteiger partial charge in [0.25, 0.3) is 0 Å². The molecule has 0 aliphatic heterocycles. The van der Waals surface area contributed by atoms with E-state index in [1.165, 1.54) is 15.6 Å². The van der Waals surface area contributed by atoms with Crippen LogP contribution in [0.15, 0.2) is 47.8 Å². The van der Waals surface area contributed by atoms with Gasteiger partial charge in [0.05, 0.1) is 0 Å². The second kappa shape index (κ2) is 5.73. The molecule has 1 aromatic heterocycles. The maximum atomic E-state index is 13.8. The Labute approximate surface area is 122 Å². The molecule has 3 heteroatoms. The highest BCUT2D eigenvalue weighted by molar-refractivity contribution is 7.17. The second-order valence-corrected chi connectivity index (χ2v) is 5.65. The SMILES string of the molecule is CCNCc1cc(-c2cccc3ccsc23)ccc1F. The van der Waals surface area contributed by atoms with Gasteiger partial charge in [-0.25, -0.2) is 4.39 Å². The third kappa shape index (κ3) is 2.47. The molecular weight excluding hydrogens is 269 g/mol. The molecule has 1 heterocycles. The number of nitrogens with one attached hydrogen (secondary N) is 1. The van der Waals surface area contributed by atoms with Crippen LogP contribution in [-0.4, -0.2) is 6.54 Å².